The Labute approximate surface area is 129 Å². The number of H-pyrrole nitrogens is 1. The van der Waals surface area contributed by atoms with E-state index >= 15 is 0 Å². The molecule has 2 N–H and O–H groups in total. The lowest BCUT2D eigenvalue weighted by Gasteiger charge is -2.14. The van der Waals surface area contributed by atoms with Crippen LogP contribution in [0.25, 0.3) is 11.3 Å². The number of nitrogens with one attached hydrogen (secondary N) is 2. The van der Waals surface area contributed by atoms with Crippen LogP contribution in [0.3, 0.4) is 0 Å². The molecule has 0 spiro atoms. The molecule has 2 heterocycles. The molecule has 0 amide bonds. The van der Waals surface area contributed by atoms with Crippen molar-refractivity contribution in [3.05, 3.63) is 58.4 Å². The summed E-state index contributed by atoms with van der Waals surface area (Å²) in [4.78, 5) is 2.81. The zero-order chi connectivity index (χ0) is 14.7. The molecule has 21 heavy (non-hydrogen) atoms. The van der Waals surface area contributed by atoms with Gasteiger partial charge in [0.2, 0.25) is 0 Å². The van der Waals surface area contributed by atoms with Gasteiger partial charge in [-0.05, 0) is 43.7 Å². The van der Waals surface area contributed by atoms with Crippen molar-refractivity contribution in [3.63, 3.8) is 0 Å². The summed E-state index contributed by atoms with van der Waals surface area (Å²) in [5, 5.41) is 10.6. The van der Waals surface area contributed by atoms with Gasteiger partial charge in [0.15, 0.2) is 0 Å². The number of benzene rings is 1. The molecule has 0 aliphatic heterocycles. The maximum absolute atomic E-state index is 4.01. The summed E-state index contributed by atoms with van der Waals surface area (Å²) in [6, 6.07) is 15.1. The van der Waals surface area contributed by atoms with Crippen LogP contribution in [0.15, 0.2) is 48.7 Å². The van der Waals surface area contributed by atoms with Gasteiger partial charge in [0.25, 0.3) is 0 Å². The van der Waals surface area contributed by atoms with Crippen LogP contribution in [0.4, 0.5) is 5.69 Å². The van der Waals surface area contributed by atoms with E-state index in [-0.39, 0.29) is 0 Å². The Morgan fingerprint density at radius 1 is 1.24 bits per heavy atom. The van der Waals surface area contributed by atoms with Gasteiger partial charge in [-0.1, -0.05) is 19.1 Å². The fourth-order valence-corrected chi connectivity index (χ4v) is 3.29. The average Bonchev–Trinajstić information content (AvgIpc) is 3.19. The van der Waals surface area contributed by atoms with Crippen LogP contribution in [0.2, 0.25) is 0 Å². The lowest BCUT2D eigenvalue weighted by molar-refractivity contribution is 0.908. The minimum Gasteiger partial charge on any atom is -0.378 e. The van der Waals surface area contributed by atoms with E-state index in [9.17, 15) is 0 Å². The van der Waals surface area contributed by atoms with E-state index in [2.05, 4.69) is 65.8 Å². The summed E-state index contributed by atoms with van der Waals surface area (Å²) in [6.07, 6.45) is 2.88. The Bertz CT molecular complexity index is 700. The number of aromatic nitrogens is 2. The molecule has 0 aliphatic rings. The summed E-state index contributed by atoms with van der Waals surface area (Å²) < 4.78 is 0. The zero-order valence-corrected chi connectivity index (χ0v) is 13.1. The zero-order valence-electron chi connectivity index (χ0n) is 12.3. The summed E-state index contributed by atoms with van der Waals surface area (Å²) in [5.41, 5.74) is 3.31. The highest BCUT2D eigenvalue weighted by molar-refractivity contribution is 7.12. The average molecular weight is 297 g/mol. The van der Waals surface area contributed by atoms with E-state index in [0.29, 0.717) is 6.04 Å². The van der Waals surface area contributed by atoms with E-state index in [0.717, 1.165) is 23.4 Å². The van der Waals surface area contributed by atoms with Gasteiger partial charge < -0.3 is 5.32 Å². The van der Waals surface area contributed by atoms with Crippen LogP contribution in [-0.4, -0.2) is 10.2 Å². The molecule has 1 aromatic carbocycles. The summed E-state index contributed by atoms with van der Waals surface area (Å²) >= 11 is 1.88. The van der Waals surface area contributed by atoms with E-state index in [1.54, 1.807) is 6.20 Å². The van der Waals surface area contributed by atoms with Gasteiger partial charge in [0, 0.05) is 27.2 Å². The number of thiophene rings is 1. The van der Waals surface area contributed by atoms with Gasteiger partial charge in [0.05, 0.1) is 11.7 Å². The molecule has 0 saturated carbocycles. The first-order valence-corrected chi connectivity index (χ1v) is 8.03. The topological polar surface area (TPSA) is 40.7 Å². The van der Waals surface area contributed by atoms with Gasteiger partial charge in [-0.3, -0.25) is 5.10 Å². The van der Waals surface area contributed by atoms with Crippen molar-refractivity contribution in [2.24, 2.45) is 0 Å². The second-order valence-corrected chi connectivity index (χ2v) is 6.27. The second kappa shape index (κ2) is 6.14. The monoisotopic (exact) mass is 297 g/mol. The van der Waals surface area contributed by atoms with Gasteiger partial charge >= 0.3 is 0 Å². The third kappa shape index (κ3) is 3.16. The minimum absolute atomic E-state index is 0.312. The maximum Gasteiger partial charge on any atom is 0.0650 e. The van der Waals surface area contributed by atoms with Crippen molar-refractivity contribution >= 4 is 17.0 Å². The molecule has 108 valence electrons. The number of hydrogen-bond donors (Lipinski definition) is 2. The van der Waals surface area contributed by atoms with Crippen molar-refractivity contribution in [2.45, 2.75) is 26.3 Å². The first kappa shape index (κ1) is 13.9. The van der Waals surface area contributed by atoms with Gasteiger partial charge in [-0.25, -0.2) is 0 Å². The normalized spacial score (nSPS) is 12.3. The minimum atomic E-state index is 0.312. The van der Waals surface area contributed by atoms with Gasteiger partial charge in [-0.2, -0.15) is 5.10 Å². The molecule has 1 atom stereocenters. The molecule has 0 bridgehead atoms. The Morgan fingerprint density at radius 3 is 2.86 bits per heavy atom. The van der Waals surface area contributed by atoms with Crippen LogP contribution in [-0.2, 0) is 6.42 Å². The molecule has 3 aromatic rings. The largest absolute Gasteiger partial charge is 0.378 e. The molecule has 3 rings (SSSR count). The number of aryl methyl sites for hydroxylation is 1. The predicted molar refractivity (Wildman–Crippen MR) is 89.8 cm³/mol. The summed E-state index contributed by atoms with van der Waals surface area (Å²) in [7, 11) is 0. The van der Waals surface area contributed by atoms with Crippen LogP contribution < -0.4 is 5.32 Å². The van der Waals surface area contributed by atoms with Crippen molar-refractivity contribution in [1.82, 2.24) is 10.2 Å². The molecular weight excluding hydrogens is 278 g/mol. The van der Waals surface area contributed by atoms with Crippen molar-refractivity contribution < 1.29 is 0 Å². The molecule has 0 fully saturated rings. The molecule has 0 saturated heterocycles. The van der Waals surface area contributed by atoms with E-state index < -0.39 is 0 Å². The molecule has 3 nitrogen and oxygen atoms in total. The lowest BCUT2D eigenvalue weighted by Crippen LogP contribution is -2.04. The number of rotatable bonds is 5. The van der Waals surface area contributed by atoms with Crippen LogP contribution in [0.5, 0.6) is 0 Å². The summed E-state index contributed by atoms with van der Waals surface area (Å²) in [6.45, 7) is 4.40. The molecule has 4 heteroatoms. The standard InChI is InChI=1S/C17H19N3S/c1-3-15-7-8-17(21-15)12(2)19-14-6-4-5-13(11-14)16-9-10-18-20-16/h4-12,19H,3H2,1-2H3,(H,18,20). The van der Waals surface area contributed by atoms with Crippen molar-refractivity contribution in [1.29, 1.82) is 0 Å². The number of hydrogen-bond acceptors (Lipinski definition) is 3. The SMILES string of the molecule is CCc1ccc(C(C)Nc2cccc(-c3ccn[nH]3)c2)s1. The Hall–Kier alpha value is -2.07. The third-order valence-electron chi connectivity index (χ3n) is 3.52. The molecule has 1 unspecified atom stereocenters. The van der Waals surface area contributed by atoms with Crippen molar-refractivity contribution in [2.75, 3.05) is 5.32 Å². The second-order valence-electron chi connectivity index (χ2n) is 5.07. The molecule has 2 aromatic heterocycles. The third-order valence-corrected chi connectivity index (χ3v) is 4.93. The first-order valence-electron chi connectivity index (χ1n) is 7.21. The van der Waals surface area contributed by atoms with Crippen LogP contribution >= 0.6 is 11.3 Å². The Morgan fingerprint density at radius 2 is 2.14 bits per heavy atom. The first-order chi connectivity index (χ1) is 10.3. The van der Waals surface area contributed by atoms with E-state index in [1.165, 1.54) is 9.75 Å². The molecule has 0 aliphatic carbocycles. The Kier molecular flexibility index (Phi) is 4.06. The highest BCUT2D eigenvalue weighted by Crippen LogP contribution is 2.28. The van der Waals surface area contributed by atoms with Gasteiger partial charge in [-0.15, -0.1) is 11.3 Å². The highest BCUT2D eigenvalue weighted by atomic mass is 32.1. The summed E-state index contributed by atoms with van der Waals surface area (Å²) in [5.74, 6) is 0. The maximum atomic E-state index is 4.01. The fraction of sp³-hybridized carbons (Fsp3) is 0.235. The highest BCUT2D eigenvalue weighted by Gasteiger charge is 2.09. The molecule has 0 radical (unpaired) electrons. The van der Waals surface area contributed by atoms with E-state index in [4.69, 9.17) is 0 Å². The molecular formula is C17H19N3S. The Balaban J connectivity index is 1.77. The van der Waals surface area contributed by atoms with Crippen LogP contribution in [0, 0.1) is 0 Å². The number of anilines is 1. The van der Waals surface area contributed by atoms with Crippen molar-refractivity contribution in [3.8, 4) is 11.3 Å². The quantitative estimate of drug-likeness (QED) is 0.705. The fourth-order valence-electron chi connectivity index (χ4n) is 2.33. The van der Waals surface area contributed by atoms with Gasteiger partial charge in [0.1, 0.15) is 0 Å². The smallest absolute Gasteiger partial charge is 0.0650 e. The predicted octanol–water partition coefficient (Wildman–Crippen LogP) is 4.87. The lowest BCUT2D eigenvalue weighted by atomic mass is 10.1. The number of nitrogens with zero attached hydrogens (tertiary/aromatic N) is 1. The number of aromatic amines is 1. The van der Waals surface area contributed by atoms with E-state index in [1.807, 2.05) is 17.4 Å². The van der Waals surface area contributed by atoms with Crippen LogP contribution in [0.1, 0.15) is 29.6 Å².